The van der Waals surface area contributed by atoms with Gasteiger partial charge in [0.05, 0.1) is 11.5 Å². The lowest BCUT2D eigenvalue weighted by atomic mass is 10.3. The van der Waals surface area contributed by atoms with Crippen LogP contribution in [-0.4, -0.2) is 38.9 Å². The second-order valence-corrected chi connectivity index (χ2v) is 7.70. The molecule has 0 fully saturated rings. The van der Waals surface area contributed by atoms with Crippen molar-refractivity contribution in [2.24, 2.45) is 0 Å². The minimum atomic E-state index is -0.382. The van der Waals surface area contributed by atoms with Crippen LogP contribution >= 0.6 is 11.3 Å². The zero-order valence-electron chi connectivity index (χ0n) is 17.5. The van der Waals surface area contributed by atoms with Gasteiger partial charge < -0.3 is 14.8 Å². The summed E-state index contributed by atoms with van der Waals surface area (Å²) in [6.45, 7) is 3.99. The average Bonchev–Trinajstić information content (AvgIpc) is 3.43. The minimum Gasteiger partial charge on any atom is -0.494 e. The van der Waals surface area contributed by atoms with Crippen LogP contribution in [-0.2, 0) is 4.79 Å². The first-order chi connectivity index (χ1) is 15.5. The van der Waals surface area contributed by atoms with Crippen LogP contribution in [0, 0.1) is 6.92 Å². The number of carbonyl (C=O) groups is 1. The number of hydrogen-bond donors (Lipinski definition) is 2. The highest BCUT2D eigenvalue weighted by atomic mass is 32.1. The fourth-order valence-electron chi connectivity index (χ4n) is 2.97. The van der Waals surface area contributed by atoms with Gasteiger partial charge in [-0.25, -0.2) is 4.98 Å². The van der Waals surface area contributed by atoms with Crippen molar-refractivity contribution in [1.29, 1.82) is 0 Å². The number of thiophene rings is 1. The molecule has 4 aromatic rings. The molecular weight excluding hydrogens is 430 g/mol. The first kappa shape index (κ1) is 21.3. The molecule has 0 aliphatic heterocycles. The quantitative estimate of drug-likeness (QED) is 0.425. The van der Waals surface area contributed by atoms with Gasteiger partial charge in [0, 0.05) is 17.8 Å². The fourth-order valence-corrected chi connectivity index (χ4v) is 3.65. The number of carbonyl (C=O) groups excluding carboxylic acids is 1. The molecule has 9 nitrogen and oxygen atoms in total. The number of amides is 1. The second-order valence-electron chi connectivity index (χ2n) is 6.76. The number of nitrogens with one attached hydrogen (secondary N) is 2. The number of aromatic nitrogens is 4. The Kier molecular flexibility index (Phi) is 6.31. The first-order valence-corrected chi connectivity index (χ1v) is 10.8. The standard InChI is InChI=1S/C22H21N5O4S/c1-3-30-15-6-8-16(9-7-15)31-13-21(29)24-19-12-17(18-5-4-10-32-18)26-27(19)22-23-14(2)11-20(28)25-22/h4-12H,3,13H2,1-2H3,(H,24,29)(H,23,25,28). The molecule has 2 N–H and O–H groups in total. The zero-order valence-corrected chi connectivity index (χ0v) is 18.3. The van der Waals surface area contributed by atoms with Crippen LogP contribution < -0.4 is 20.3 Å². The van der Waals surface area contributed by atoms with E-state index in [9.17, 15) is 9.59 Å². The highest BCUT2D eigenvalue weighted by molar-refractivity contribution is 7.13. The molecule has 0 radical (unpaired) electrons. The zero-order chi connectivity index (χ0) is 22.5. The van der Waals surface area contributed by atoms with E-state index in [4.69, 9.17) is 9.47 Å². The summed E-state index contributed by atoms with van der Waals surface area (Å²) in [5.41, 5.74) is 0.872. The lowest BCUT2D eigenvalue weighted by Crippen LogP contribution is -2.23. The third kappa shape index (κ3) is 5.03. The lowest BCUT2D eigenvalue weighted by molar-refractivity contribution is -0.118. The van der Waals surface area contributed by atoms with E-state index in [2.05, 4.69) is 20.4 Å². The first-order valence-electron chi connectivity index (χ1n) is 9.89. The van der Waals surface area contributed by atoms with Gasteiger partial charge in [0.15, 0.2) is 6.61 Å². The number of aryl methyl sites for hydroxylation is 1. The summed E-state index contributed by atoms with van der Waals surface area (Å²) >= 11 is 1.51. The van der Waals surface area contributed by atoms with Crippen molar-refractivity contribution in [2.45, 2.75) is 13.8 Å². The number of nitrogens with zero attached hydrogens (tertiary/aromatic N) is 3. The molecule has 0 saturated carbocycles. The molecule has 1 amide bonds. The molecule has 0 bridgehead atoms. The van der Waals surface area contributed by atoms with Gasteiger partial charge in [-0.1, -0.05) is 6.07 Å². The second kappa shape index (κ2) is 9.48. The Morgan fingerprint density at radius 1 is 1.16 bits per heavy atom. The molecule has 3 heterocycles. The Bertz CT molecular complexity index is 1260. The number of anilines is 1. The summed E-state index contributed by atoms with van der Waals surface area (Å²) in [6.07, 6.45) is 0. The Morgan fingerprint density at radius 2 is 1.91 bits per heavy atom. The molecule has 0 spiro atoms. The monoisotopic (exact) mass is 451 g/mol. The number of ether oxygens (including phenoxy) is 2. The van der Waals surface area contributed by atoms with Gasteiger partial charge in [0.1, 0.15) is 23.0 Å². The number of rotatable bonds is 8. The molecule has 0 aliphatic carbocycles. The SMILES string of the molecule is CCOc1ccc(OCC(=O)Nc2cc(-c3cccs3)nn2-c2nc(C)cc(=O)[nH]2)cc1. The van der Waals surface area contributed by atoms with E-state index in [0.29, 0.717) is 29.6 Å². The van der Waals surface area contributed by atoms with Crippen LogP contribution in [0.2, 0.25) is 0 Å². The summed E-state index contributed by atoms with van der Waals surface area (Å²) < 4.78 is 12.4. The van der Waals surface area contributed by atoms with Crippen molar-refractivity contribution in [3.8, 4) is 28.0 Å². The Labute approximate surface area is 187 Å². The van der Waals surface area contributed by atoms with Crippen molar-refractivity contribution < 1.29 is 14.3 Å². The molecule has 10 heteroatoms. The van der Waals surface area contributed by atoms with Gasteiger partial charge in [-0.3, -0.25) is 14.6 Å². The van der Waals surface area contributed by atoms with E-state index in [1.54, 1.807) is 37.3 Å². The van der Waals surface area contributed by atoms with Crippen molar-refractivity contribution in [2.75, 3.05) is 18.5 Å². The van der Waals surface area contributed by atoms with Gasteiger partial charge in [0.2, 0.25) is 5.95 Å². The highest BCUT2D eigenvalue weighted by Gasteiger charge is 2.16. The molecule has 0 saturated heterocycles. The molecular formula is C22H21N5O4S. The Morgan fingerprint density at radius 3 is 2.56 bits per heavy atom. The molecule has 1 aromatic carbocycles. The van der Waals surface area contributed by atoms with Gasteiger partial charge in [-0.05, 0) is 49.6 Å². The van der Waals surface area contributed by atoms with Crippen LogP contribution in [0.5, 0.6) is 11.5 Å². The van der Waals surface area contributed by atoms with Gasteiger partial charge in [-0.2, -0.15) is 9.78 Å². The van der Waals surface area contributed by atoms with Gasteiger partial charge >= 0.3 is 0 Å². The topological polar surface area (TPSA) is 111 Å². The van der Waals surface area contributed by atoms with E-state index in [1.165, 1.54) is 22.1 Å². The van der Waals surface area contributed by atoms with Crippen LogP contribution in [0.15, 0.2) is 58.7 Å². The fraction of sp³-hybridized carbons (Fsp3) is 0.182. The maximum Gasteiger partial charge on any atom is 0.263 e. The largest absolute Gasteiger partial charge is 0.494 e. The Balaban J connectivity index is 1.53. The summed E-state index contributed by atoms with van der Waals surface area (Å²) in [6, 6.07) is 14.0. The summed E-state index contributed by atoms with van der Waals surface area (Å²) in [7, 11) is 0. The summed E-state index contributed by atoms with van der Waals surface area (Å²) in [4.78, 5) is 32.4. The average molecular weight is 452 g/mol. The van der Waals surface area contributed by atoms with Crippen LogP contribution in [0.4, 0.5) is 5.82 Å². The molecule has 32 heavy (non-hydrogen) atoms. The molecule has 3 aromatic heterocycles. The maximum absolute atomic E-state index is 12.6. The number of H-pyrrole nitrogens is 1. The van der Waals surface area contributed by atoms with E-state index < -0.39 is 0 Å². The van der Waals surface area contributed by atoms with Gasteiger partial charge in [0.25, 0.3) is 11.5 Å². The summed E-state index contributed by atoms with van der Waals surface area (Å²) in [5.74, 6) is 1.46. The predicted molar refractivity (Wildman–Crippen MR) is 122 cm³/mol. The molecule has 4 rings (SSSR count). The van der Waals surface area contributed by atoms with E-state index >= 15 is 0 Å². The van der Waals surface area contributed by atoms with Crippen molar-refractivity contribution in [3.05, 3.63) is 70.0 Å². The van der Waals surface area contributed by atoms with Crippen molar-refractivity contribution in [3.63, 3.8) is 0 Å². The molecule has 164 valence electrons. The van der Waals surface area contributed by atoms with E-state index in [-0.39, 0.29) is 24.0 Å². The van der Waals surface area contributed by atoms with Crippen molar-refractivity contribution in [1.82, 2.24) is 19.7 Å². The van der Waals surface area contributed by atoms with Gasteiger partial charge in [-0.15, -0.1) is 11.3 Å². The number of benzene rings is 1. The minimum absolute atomic E-state index is 0.203. The highest BCUT2D eigenvalue weighted by Crippen LogP contribution is 2.27. The Hall–Kier alpha value is -3.92. The van der Waals surface area contributed by atoms with Crippen LogP contribution in [0.3, 0.4) is 0 Å². The summed E-state index contributed by atoms with van der Waals surface area (Å²) in [5, 5.41) is 9.25. The molecule has 0 atom stereocenters. The third-order valence-corrected chi connectivity index (χ3v) is 5.21. The van der Waals surface area contributed by atoms with Crippen LogP contribution in [0.25, 0.3) is 16.5 Å². The van der Waals surface area contributed by atoms with Crippen LogP contribution in [0.1, 0.15) is 12.6 Å². The van der Waals surface area contributed by atoms with E-state index in [0.717, 1.165) is 10.6 Å². The predicted octanol–water partition coefficient (Wildman–Crippen LogP) is 3.41. The maximum atomic E-state index is 12.6. The number of hydrogen-bond acceptors (Lipinski definition) is 7. The number of aromatic amines is 1. The smallest absolute Gasteiger partial charge is 0.263 e. The third-order valence-electron chi connectivity index (χ3n) is 4.31. The lowest BCUT2D eigenvalue weighted by Gasteiger charge is -2.10. The molecule has 0 aliphatic rings. The van der Waals surface area contributed by atoms with E-state index in [1.807, 2.05) is 24.4 Å². The van der Waals surface area contributed by atoms with Crippen molar-refractivity contribution >= 4 is 23.1 Å². The molecule has 0 unspecified atom stereocenters. The normalized spacial score (nSPS) is 10.7.